The smallest absolute Gasteiger partial charge is 0.246 e. The van der Waals surface area contributed by atoms with Gasteiger partial charge < -0.3 is 9.09 Å². The van der Waals surface area contributed by atoms with Crippen molar-refractivity contribution in [3.63, 3.8) is 0 Å². The van der Waals surface area contributed by atoms with Crippen molar-refractivity contribution in [2.75, 3.05) is 0 Å². The first kappa shape index (κ1) is 10.8. The molecule has 0 aliphatic heterocycles. The number of nitrogens with zero attached hydrogens (tertiary/aromatic N) is 3. The van der Waals surface area contributed by atoms with E-state index in [9.17, 15) is 0 Å². The van der Waals surface area contributed by atoms with Crippen molar-refractivity contribution in [2.24, 2.45) is 0 Å². The van der Waals surface area contributed by atoms with Crippen molar-refractivity contribution in [1.82, 2.24) is 14.7 Å². The molecule has 0 radical (unpaired) electrons. The van der Waals surface area contributed by atoms with Crippen LogP contribution in [0.3, 0.4) is 0 Å². The van der Waals surface area contributed by atoms with Gasteiger partial charge >= 0.3 is 0 Å². The van der Waals surface area contributed by atoms with E-state index in [-0.39, 0.29) is 0 Å². The SMILES string of the molecule is Cc1cc2ccccc2n1Cc1nc(C2CC2)no1. The second-order valence-electron chi connectivity index (χ2n) is 5.25. The molecule has 19 heavy (non-hydrogen) atoms. The molecule has 1 fully saturated rings. The Morgan fingerprint density at radius 1 is 1.32 bits per heavy atom. The molecule has 2 aromatic heterocycles. The van der Waals surface area contributed by atoms with E-state index in [1.54, 1.807) is 0 Å². The zero-order chi connectivity index (χ0) is 12.8. The summed E-state index contributed by atoms with van der Waals surface area (Å²) < 4.78 is 7.58. The van der Waals surface area contributed by atoms with Gasteiger partial charge in [-0.15, -0.1) is 0 Å². The average molecular weight is 253 g/mol. The van der Waals surface area contributed by atoms with Crippen molar-refractivity contribution in [3.8, 4) is 0 Å². The lowest BCUT2D eigenvalue weighted by atomic mass is 10.2. The molecule has 0 N–H and O–H groups in total. The molecule has 0 amide bonds. The van der Waals surface area contributed by atoms with Crippen LogP contribution < -0.4 is 0 Å². The molecule has 3 aromatic rings. The molecular formula is C15H15N3O. The normalized spacial score (nSPS) is 15.2. The van der Waals surface area contributed by atoms with Crippen LogP contribution in [0.5, 0.6) is 0 Å². The number of fused-ring (bicyclic) bond motifs is 1. The first-order valence-electron chi connectivity index (χ1n) is 6.68. The van der Waals surface area contributed by atoms with Crippen LogP contribution in [0.2, 0.25) is 0 Å². The van der Waals surface area contributed by atoms with Gasteiger partial charge in [0, 0.05) is 17.1 Å². The Bertz CT molecular complexity index is 737. The monoisotopic (exact) mass is 253 g/mol. The van der Waals surface area contributed by atoms with Crippen LogP contribution in [0.4, 0.5) is 0 Å². The fourth-order valence-electron chi connectivity index (χ4n) is 2.53. The number of hydrogen-bond acceptors (Lipinski definition) is 3. The van der Waals surface area contributed by atoms with Gasteiger partial charge in [-0.3, -0.25) is 0 Å². The minimum Gasteiger partial charge on any atom is -0.337 e. The fourth-order valence-corrected chi connectivity index (χ4v) is 2.53. The Labute approximate surface area is 111 Å². The van der Waals surface area contributed by atoms with E-state index in [1.807, 2.05) is 0 Å². The van der Waals surface area contributed by atoms with E-state index < -0.39 is 0 Å². The zero-order valence-electron chi connectivity index (χ0n) is 10.8. The quantitative estimate of drug-likeness (QED) is 0.719. The molecule has 2 heterocycles. The summed E-state index contributed by atoms with van der Waals surface area (Å²) in [5.41, 5.74) is 2.43. The summed E-state index contributed by atoms with van der Waals surface area (Å²) >= 11 is 0. The zero-order valence-corrected chi connectivity index (χ0v) is 10.8. The molecule has 0 unspecified atom stereocenters. The maximum absolute atomic E-state index is 5.36. The number of rotatable bonds is 3. The minimum absolute atomic E-state index is 0.542. The van der Waals surface area contributed by atoms with Gasteiger partial charge in [0.25, 0.3) is 0 Å². The Morgan fingerprint density at radius 3 is 3.00 bits per heavy atom. The third-order valence-electron chi connectivity index (χ3n) is 3.74. The standard InChI is InChI=1S/C15H15N3O/c1-10-8-12-4-2-3-5-13(12)18(10)9-14-16-15(17-19-14)11-6-7-11/h2-5,8,11H,6-7,9H2,1H3. The number of aromatic nitrogens is 3. The molecule has 1 saturated carbocycles. The molecule has 4 nitrogen and oxygen atoms in total. The highest BCUT2D eigenvalue weighted by molar-refractivity contribution is 5.81. The number of hydrogen-bond donors (Lipinski definition) is 0. The lowest BCUT2D eigenvalue weighted by Gasteiger charge is -2.04. The molecule has 0 spiro atoms. The summed E-state index contributed by atoms with van der Waals surface area (Å²) in [6, 6.07) is 10.6. The van der Waals surface area contributed by atoms with Crippen molar-refractivity contribution in [3.05, 3.63) is 47.7 Å². The molecule has 0 bridgehead atoms. The Kier molecular flexibility index (Phi) is 2.24. The van der Waals surface area contributed by atoms with Gasteiger partial charge in [-0.1, -0.05) is 23.4 Å². The lowest BCUT2D eigenvalue weighted by Crippen LogP contribution is -2.01. The van der Waals surface area contributed by atoms with E-state index >= 15 is 0 Å². The van der Waals surface area contributed by atoms with E-state index in [1.165, 1.54) is 29.4 Å². The van der Waals surface area contributed by atoms with E-state index in [4.69, 9.17) is 4.52 Å². The van der Waals surface area contributed by atoms with Crippen molar-refractivity contribution >= 4 is 10.9 Å². The fraction of sp³-hybridized carbons (Fsp3) is 0.333. The number of para-hydroxylation sites is 1. The molecule has 1 aliphatic rings. The molecular weight excluding hydrogens is 238 g/mol. The van der Waals surface area contributed by atoms with Crippen LogP contribution in [-0.4, -0.2) is 14.7 Å². The second-order valence-corrected chi connectivity index (χ2v) is 5.25. The van der Waals surface area contributed by atoms with Crippen molar-refractivity contribution in [1.29, 1.82) is 0 Å². The Morgan fingerprint density at radius 2 is 2.16 bits per heavy atom. The first-order valence-corrected chi connectivity index (χ1v) is 6.68. The largest absolute Gasteiger partial charge is 0.337 e. The third-order valence-corrected chi connectivity index (χ3v) is 3.74. The molecule has 0 saturated heterocycles. The highest BCUT2D eigenvalue weighted by Crippen LogP contribution is 2.38. The van der Waals surface area contributed by atoms with Gasteiger partial charge in [0.05, 0.1) is 0 Å². The van der Waals surface area contributed by atoms with Crippen LogP contribution in [0.1, 0.15) is 36.2 Å². The summed E-state index contributed by atoms with van der Waals surface area (Å²) in [4.78, 5) is 4.50. The van der Waals surface area contributed by atoms with E-state index in [2.05, 4.69) is 52.0 Å². The van der Waals surface area contributed by atoms with Crippen molar-refractivity contribution < 1.29 is 4.52 Å². The van der Waals surface area contributed by atoms with Crippen LogP contribution in [0, 0.1) is 6.92 Å². The highest BCUT2D eigenvalue weighted by Gasteiger charge is 2.28. The molecule has 4 rings (SSSR count). The topological polar surface area (TPSA) is 43.9 Å². The molecule has 96 valence electrons. The lowest BCUT2D eigenvalue weighted by molar-refractivity contribution is 0.367. The Balaban J connectivity index is 1.71. The van der Waals surface area contributed by atoms with Gasteiger partial charge in [-0.25, -0.2) is 0 Å². The predicted molar refractivity (Wildman–Crippen MR) is 72.1 cm³/mol. The van der Waals surface area contributed by atoms with E-state index in [0.717, 1.165) is 5.82 Å². The average Bonchev–Trinajstić information content (AvgIpc) is 3.09. The summed E-state index contributed by atoms with van der Waals surface area (Å²) in [6.07, 6.45) is 2.40. The van der Waals surface area contributed by atoms with Crippen LogP contribution in [0.15, 0.2) is 34.9 Å². The van der Waals surface area contributed by atoms with Crippen molar-refractivity contribution in [2.45, 2.75) is 32.2 Å². The predicted octanol–water partition coefficient (Wildman–Crippen LogP) is 3.26. The summed E-state index contributed by atoms with van der Waals surface area (Å²) in [7, 11) is 0. The summed E-state index contributed by atoms with van der Waals surface area (Å²) in [6.45, 7) is 2.76. The summed E-state index contributed by atoms with van der Waals surface area (Å²) in [5, 5.41) is 5.32. The van der Waals surface area contributed by atoms with Crippen LogP contribution >= 0.6 is 0 Å². The van der Waals surface area contributed by atoms with Gasteiger partial charge in [-0.2, -0.15) is 4.98 Å². The van der Waals surface area contributed by atoms with Gasteiger partial charge in [-0.05, 0) is 37.3 Å². The second kappa shape index (κ2) is 3.95. The van der Waals surface area contributed by atoms with Gasteiger partial charge in [0.1, 0.15) is 6.54 Å². The van der Waals surface area contributed by atoms with Gasteiger partial charge in [0.15, 0.2) is 5.82 Å². The van der Waals surface area contributed by atoms with Crippen LogP contribution in [-0.2, 0) is 6.54 Å². The maximum Gasteiger partial charge on any atom is 0.246 e. The highest BCUT2D eigenvalue weighted by atomic mass is 16.5. The molecule has 4 heteroatoms. The maximum atomic E-state index is 5.36. The third kappa shape index (κ3) is 1.84. The minimum atomic E-state index is 0.542. The summed E-state index contributed by atoms with van der Waals surface area (Å²) in [5.74, 6) is 2.12. The van der Waals surface area contributed by atoms with Gasteiger partial charge in [0.2, 0.25) is 5.89 Å². The molecule has 1 aliphatic carbocycles. The number of aryl methyl sites for hydroxylation is 1. The Hall–Kier alpha value is -2.10. The molecule has 1 aromatic carbocycles. The van der Waals surface area contributed by atoms with E-state index in [0.29, 0.717) is 18.4 Å². The molecule has 0 atom stereocenters. The number of benzene rings is 1. The first-order chi connectivity index (χ1) is 9.31. The van der Waals surface area contributed by atoms with Crippen LogP contribution in [0.25, 0.3) is 10.9 Å².